The van der Waals surface area contributed by atoms with Gasteiger partial charge in [-0.15, -0.1) is 10.2 Å². The highest BCUT2D eigenvalue weighted by atomic mass is 16.6. The molecule has 3 atom stereocenters. The molecule has 0 aliphatic carbocycles. The lowest BCUT2D eigenvalue weighted by atomic mass is 9.93. The number of ether oxygens (including phenoxy) is 1. The molecule has 0 spiro atoms. The molecule has 35 heavy (non-hydrogen) atoms. The van der Waals surface area contributed by atoms with Gasteiger partial charge in [-0.05, 0) is 90.0 Å². The molecule has 1 aromatic heterocycles. The summed E-state index contributed by atoms with van der Waals surface area (Å²) in [6, 6.07) is 10.0. The number of anilines is 1. The maximum atomic E-state index is 12.0. The molecular formula is C28H43N5O2. The van der Waals surface area contributed by atoms with Gasteiger partial charge in [0.15, 0.2) is 0 Å². The van der Waals surface area contributed by atoms with E-state index in [0.717, 1.165) is 30.3 Å². The highest BCUT2D eigenvalue weighted by molar-refractivity contribution is 5.84. The quantitative estimate of drug-likeness (QED) is 0.494. The summed E-state index contributed by atoms with van der Waals surface area (Å²) in [6.45, 7) is 15.6. The molecule has 192 valence electrons. The zero-order valence-electron chi connectivity index (χ0n) is 22.5. The van der Waals surface area contributed by atoms with Gasteiger partial charge in [0, 0.05) is 29.7 Å². The van der Waals surface area contributed by atoms with E-state index in [1.165, 1.54) is 31.2 Å². The number of piperidine rings is 1. The third kappa shape index (κ3) is 6.05. The van der Waals surface area contributed by atoms with E-state index in [1.807, 2.05) is 32.9 Å². The predicted octanol–water partition coefficient (Wildman–Crippen LogP) is 6.42. The average Bonchev–Trinajstić information content (AvgIpc) is 3.27. The first-order chi connectivity index (χ1) is 16.5. The van der Waals surface area contributed by atoms with E-state index in [-0.39, 0.29) is 0 Å². The van der Waals surface area contributed by atoms with Gasteiger partial charge in [0.25, 0.3) is 0 Å². The van der Waals surface area contributed by atoms with Crippen LogP contribution in [-0.4, -0.2) is 50.0 Å². The fraction of sp³-hybridized carbons (Fsp3) is 0.679. The Hall–Kier alpha value is -2.41. The molecule has 2 saturated heterocycles. The van der Waals surface area contributed by atoms with Crippen LogP contribution in [0.4, 0.5) is 10.5 Å². The number of aromatic nitrogens is 3. The third-order valence-corrected chi connectivity index (χ3v) is 7.58. The van der Waals surface area contributed by atoms with Crippen molar-refractivity contribution in [3.63, 3.8) is 0 Å². The van der Waals surface area contributed by atoms with Gasteiger partial charge < -0.3 is 9.30 Å². The minimum Gasteiger partial charge on any atom is -0.444 e. The summed E-state index contributed by atoms with van der Waals surface area (Å²) in [5.74, 6) is 3.07. The van der Waals surface area contributed by atoms with E-state index in [0.29, 0.717) is 30.0 Å². The smallest absolute Gasteiger partial charge is 0.412 e. The molecule has 2 aliphatic heterocycles. The Bertz CT molecular complexity index is 993. The number of hydrogen-bond donors (Lipinski definition) is 1. The Labute approximate surface area is 210 Å². The summed E-state index contributed by atoms with van der Waals surface area (Å²) in [5.41, 5.74) is 1.57. The first kappa shape index (κ1) is 25.7. The summed E-state index contributed by atoms with van der Waals surface area (Å²) in [6.07, 6.45) is 5.74. The summed E-state index contributed by atoms with van der Waals surface area (Å²) in [7, 11) is 0. The van der Waals surface area contributed by atoms with Gasteiger partial charge >= 0.3 is 6.09 Å². The first-order valence-electron chi connectivity index (χ1n) is 13.3. The maximum Gasteiger partial charge on any atom is 0.412 e. The van der Waals surface area contributed by atoms with Crippen LogP contribution >= 0.6 is 0 Å². The molecule has 1 aromatic carbocycles. The SMILES string of the molecule is Cc1nnc(C(C)C)n1C1CC2CCC(C1)N2CC[C@H](C)c1ccc(NC(=O)OC(C)(C)C)cc1. The summed E-state index contributed by atoms with van der Waals surface area (Å²) >= 11 is 0. The van der Waals surface area contributed by atoms with Crippen molar-refractivity contribution in [3.05, 3.63) is 41.5 Å². The normalized spacial score (nSPS) is 23.5. The maximum absolute atomic E-state index is 12.0. The van der Waals surface area contributed by atoms with Crippen molar-refractivity contribution in [2.75, 3.05) is 11.9 Å². The summed E-state index contributed by atoms with van der Waals surface area (Å²) in [4.78, 5) is 14.8. The minimum absolute atomic E-state index is 0.401. The Balaban J connectivity index is 1.31. The van der Waals surface area contributed by atoms with Gasteiger partial charge in [-0.3, -0.25) is 10.2 Å². The molecule has 2 aliphatic rings. The van der Waals surface area contributed by atoms with Crippen molar-refractivity contribution >= 4 is 11.8 Å². The van der Waals surface area contributed by atoms with Gasteiger partial charge in [-0.1, -0.05) is 32.9 Å². The second kappa shape index (κ2) is 10.3. The summed E-state index contributed by atoms with van der Waals surface area (Å²) < 4.78 is 7.78. The van der Waals surface area contributed by atoms with E-state index in [2.05, 4.69) is 64.8 Å². The van der Waals surface area contributed by atoms with Crippen molar-refractivity contribution in [3.8, 4) is 0 Å². The number of benzene rings is 1. The van der Waals surface area contributed by atoms with E-state index in [4.69, 9.17) is 4.74 Å². The number of aryl methyl sites for hydroxylation is 1. The molecule has 7 nitrogen and oxygen atoms in total. The second-order valence-electron chi connectivity index (χ2n) is 11.8. The van der Waals surface area contributed by atoms with Crippen LogP contribution in [0.5, 0.6) is 0 Å². The lowest BCUT2D eigenvalue weighted by Gasteiger charge is -2.40. The zero-order valence-corrected chi connectivity index (χ0v) is 22.5. The number of carbonyl (C=O) groups is 1. The molecule has 7 heteroatoms. The fourth-order valence-electron chi connectivity index (χ4n) is 5.88. The summed E-state index contributed by atoms with van der Waals surface area (Å²) in [5, 5.41) is 11.7. The molecule has 2 aromatic rings. The Morgan fingerprint density at radius 3 is 2.26 bits per heavy atom. The molecule has 1 N–H and O–H groups in total. The lowest BCUT2D eigenvalue weighted by Crippen LogP contribution is -2.44. The van der Waals surface area contributed by atoms with E-state index in [1.54, 1.807) is 0 Å². The number of carbonyl (C=O) groups excluding carboxylic acids is 1. The fourth-order valence-corrected chi connectivity index (χ4v) is 5.88. The van der Waals surface area contributed by atoms with Crippen LogP contribution < -0.4 is 5.32 Å². The van der Waals surface area contributed by atoms with Gasteiger partial charge in [0.2, 0.25) is 0 Å². The molecule has 0 radical (unpaired) electrons. The van der Waals surface area contributed by atoms with Crippen molar-refractivity contribution < 1.29 is 9.53 Å². The molecule has 2 fully saturated rings. The van der Waals surface area contributed by atoms with Gasteiger partial charge in [0.1, 0.15) is 17.2 Å². The monoisotopic (exact) mass is 481 g/mol. The van der Waals surface area contributed by atoms with Gasteiger partial charge in [-0.2, -0.15) is 0 Å². The molecule has 0 saturated carbocycles. The molecular weight excluding hydrogens is 438 g/mol. The van der Waals surface area contributed by atoms with Gasteiger partial charge in [-0.25, -0.2) is 4.79 Å². The van der Waals surface area contributed by atoms with Crippen molar-refractivity contribution in [1.29, 1.82) is 0 Å². The number of fused-ring (bicyclic) bond motifs is 2. The third-order valence-electron chi connectivity index (χ3n) is 7.58. The van der Waals surface area contributed by atoms with Crippen LogP contribution in [0.3, 0.4) is 0 Å². The average molecular weight is 482 g/mol. The first-order valence-corrected chi connectivity index (χ1v) is 13.3. The standard InChI is InChI=1S/C28H43N5O2/c1-18(2)26-31-30-20(4)33(26)25-16-23-12-13-24(17-25)32(23)15-14-19(3)21-8-10-22(11-9-21)29-27(34)35-28(5,6)7/h8-11,18-19,23-25H,12-17H2,1-7H3,(H,29,34)/t19-,23?,24?,25?/m0/s1. The molecule has 3 heterocycles. The van der Waals surface area contributed by atoms with Crippen molar-refractivity contribution in [2.45, 2.75) is 116 Å². The van der Waals surface area contributed by atoms with E-state index < -0.39 is 11.7 Å². The zero-order chi connectivity index (χ0) is 25.3. The predicted molar refractivity (Wildman–Crippen MR) is 140 cm³/mol. The van der Waals surface area contributed by atoms with Crippen molar-refractivity contribution in [2.24, 2.45) is 0 Å². The van der Waals surface area contributed by atoms with Crippen LogP contribution in [0.1, 0.15) is 109 Å². The second-order valence-corrected chi connectivity index (χ2v) is 11.8. The van der Waals surface area contributed by atoms with Crippen LogP contribution in [-0.2, 0) is 4.74 Å². The van der Waals surface area contributed by atoms with Crippen LogP contribution in [0.25, 0.3) is 0 Å². The van der Waals surface area contributed by atoms with Crippen LogP contribution in [0.2, 0.25) is 0 Å². The molecule has 2 bridgehead atoms. The number of nitrogens with zero attached hydrogens (tertiary/aromatic N) is 4. The Morgan fingerprint density at radius 1 is 1.06 bits per heavy atom. The largest absolute Gasteiger partial charge is 0.444 e. The highest BCUT2D eigenvalue weighted by Gasteiger charge is 2.42. The Morgan fingerprint density at radius 2 is 1.69 bits per heavy atom. The van der Waals surface area contributed by atoms with E-state index in [9.17, 15) is 4.79 Å². The highest BCUT2D eigenvalue weighted by Crippen LogP contribution is 2.42. The van der Waals surface area contributed by atoms with E-state index >= 15 is 0 Å². The number of nitrogens with one attached hydrogen (secondary N) is 1. The number of hydrogen-bond acceptors (Lipinski definition) is 5. The molecule has 1 amide bonds. The minimum atomic E-state index is -0.502. The van der Waals surface area contributed by atoms with Gasteiger partial charge in [0.05, 0.1) is 0 Å². The molecule has 2 unspecified atom stereocenters. The van der Waals surface area contributed by atoms with Crippen molar-refractivity contribution in [1.82, 2.24) is 19.7 Å². The number of rotatable bonds is 7. The Kier molecular flexibility index (Phi) is 7.55. The topological polar surface area (TPSA) is 72.3 Å². The lowest BCUT2D eigenvalue weighted by molar-refractivity contribution is 0.0636. The number of amides is 1. The molecule has 4 rings (SSSR count). The van der Waals surface area contributed by atoms with Crippen LogP contribution in [0, 0.1) is 6.92 Å². The van der Waals surface area contributed by atoms with Crippen LogP contribution in [0.15, 0.2) is 24.3 Å².